The molecule has 0 aromatic heterocycles. The summed E-state index contributed by atoms with van der Waals surface area (Å²) >= 11 is 0. The predicted octanol–water partition coefficient (Wildman–Crippen LogP) is 0.868. The van der Waals surface area contributed by atoms with Gasteiger partial charge in [-0.1, -0.05) is 13.8 Å². The van der Waals surface area contributed by atoms with Crippen molar-refractivity contribution in [2.75, 3.05) is 26.8 Å². The van der Waals surface area contributed by atoms with Gasteiger partial charge in [-0.05, 0) is 30.6 Å². The summed E-state index contributed by atoms with van der Waals surface area (Å²) in [5.74, 6) is 6.82. The van der Waals surface area contributed by atoms with Crippen molar-refractivity contribution in [3.63, 3.8) is 0 Å². The number of rotatable bonds is 7. The van der Waals surface area contributed by atoms with Crippen LogP contribution in [0.1, 0.15) is 33.1 Å². The van der Waals surface area contributed by atoms with Crippen molar-refractivity contribution in [3.8, 4) is 0 Å². The zero-order valence-electron chi connectivity index (χ0n) is 11.3. The highest BCUT2D eigenvalue weighted by molar-refractivity contribution is 5.79. The SMILES string of the molecule is COCCCNC(=NCC1(C(C)C)CC1)NN. The van der Waals surface area contributed by atoms with Crippen molar-refractivity contribution in [1.82, 2.24) is 10.7 Å². The quantitative estimate of drug-likeness (QED) is 0.204. The second-order valence-electron chi connectivity index (χ2n) is 5.10. The lowest BCUT2D eigenvalue weighted by Crippen LogP contribution is -2.42. The van der Waals surface area contributed by atoms with Gasteiger partial charge in [-0.15, -0.1) is 0 Å². The molecule has 5 nitrogen and oxygen atoms in total. The molecule has 1 saturated carbocycles. The Morgan fingerprint density at radius 2 is 2.18 bits per heavy atom. The Labute approximate surface area is 104 Å². The first-order valence-electron chi connectivity index (χ1n) is 6.38. The van der Waals surface area contributed by atoms with Crippen LogP contribution in [0.15, 0.2) is 4.99 Å². The molecular formula is C12H26N4O. The van der Waals surface area contributed by atoms with Crippen molar-refractivity contribution in [3.05, 3.63) is 0 Å². The minimum atomic E-state index is 0.427. The third kappa shape index (κ3) is 4.52. The van der Waals surface area contributed by atoms with Gasteiger partial charge in [-0.3, -0.25) is 10.4 Å². The van der Waals surface area contributed by atoms with Crippen LogP contribution in [0.3, 0.4) is 0 Å². The topological polar surface area (TPSA) is 71.7 Å². The molecule has 0 spiro atoms. The smallest absolute Gasteiger partial charge is 0.205 e. The normalized spacial score (nSPS) is 18.3. The number of guanidine groups is 1. The van der Waals surface area contributed by atoms with Gasteiger partial charge >= 0.3 is 0 Å². The molecule has 1 fully saturated rings. The number of nitrogens with zero attached hydrogens (tertiary/aromatic N) is 1. The standard InChI is InChI=1S/C12H26N4O/c1-10(2)12(5-6-12)9-15-11(16-13)14-7-4-8-17-3/h10H,4-9,13H2,1-3H3,(H2,14,15,16). The van der Waals surface area contributed by atoms with Gasteiger partial charge in [0.15, 0.2) is 0 Å². The highest BCUT2D eigenvalue weighted by Gasteiger charge is 2.45. The monoisotopic (exact) mass is 242 g/mol. The highest BCUT2D eigenvalue weighted by atomic mass is 16.5. The molecule has 0 radical (unpaired) electrons. The predicted molar refractivity (Wildman–Crippen MR) is 70.6 cm³/mol. The Morgan fingerprint density at radius 3 is 2.65 bits per heavy atom. The van der Waals surface area contributed by atoms with Crippen LogP contribution < -0.4 is 16.6 Å². The molecule has 1 rings (SSSR count). The fraction of sp³-hybridized carbons (Fsp3) is 0.917. The molecule has 0 aromatic rings. The van der Waals surface area contributed by atoms with Gasteiger partial charge in [-0.2, -0.15) is 0 Å². The zero-order valence-corrected chi connectivity index (χ0v) is 11.3. The van der Waals surface area contributed by atoms with Crippen molar-refractivity contribution in [1.29, 1.82) is 0 Å². The summed E-state index contributed by atoms with van der Waals surface area (Å²) in [5, 5.41) is 3.18. The first-order chi connectivity index (χ1) is 8.14. The van der Waals surface area contributed by atoms with Crippen LogP contribution in [0.4, 0.5) is 0 Å². The van der Waals surface area contributed by atoms with Gasteiger partial charge in [0.05, 0.1) is 0 Å². The van der Waals surface area contributed by atoms with E-state index in [9.17, 15) is 0 Å². The number of hydrogen-bond donors (Lipinski definition) is 3. The minimum absolute atomic E-state index is 0.427. The summed E-state index contributed by atoms with van der Waals surface area (Å²) in [4.78, 5) is 4.52. The summed E-state index contributed by atoms with van der Waals surface area (Å²) in [6.07, 6.45) is 3.53. The molecule has 100 valence electrons. The molecule has 0 unspecified atom stereocenters. The van der Waals surface area contributed by atoms with E-state index in [4.69, 9.17) is 10.6 Å². The van der Waals surface area contributed by atoms with Gasteiger partial charge in [0.25, 0.3) is 0 Å². The molecule has 0 aromatic carbocycles. The van der Waals surface area contributed by atoms with Crippen LogP contribution in [0.25, 0.3) is 0 Å². The number of ether oxygens (including phenoxy) is 1. The maximum absolute atomic E-state index is 5.44. The van der Waals surface area contributed by atoms with Gasteiger partial charge in [0.1, 0.15) is 0 Å². The fourth-order valence-electron chi connectivity index (χ4n) is 1.89. The number of aliphatic imine (C=N–C) groups is 1. The van der Waals surface area contributed by atoms with E-state index in [1.54, 1.807) is 7.11 Å². The van der Waals surface area contributed by atoms with E-state index in [1.165, 1.54) is 12.8 Å². The van der Waals surface area contributed by atoms with Crippen molar-refractivity contribution in [2.45, 2.75) is 33.1 Å². The number of hydrogen-bond acceptors (Lipinski definition) is 3. The first-order valence-corrected chi connectivity index (χ1v) is 6.38. The Kier molecular flexibility index (Phi) is 5.71. The molecule has 0 saturated heterocycles. The zero-order chi connectivity index (χ0) is 12.7. The third-order valence-electron chi connectivity index (χ3n) is 3.62. The molecule has 0 aliphatic heterocycles. The number of hydrazine groups is 1. The molecule has 1 aliphatic rings. The average Bonchev–Trinajstić information content (AvgIpc) is 3.09. The molecule has 0 atom stereocenters. The van der Waals surface area contributed by atoms with Gasteiger partial charge < -0.3 is 10.1 Å². The van der Waals surface area contributed by atoms with Crippen molar-refractivity contribution < 1.29 is 4.74 Å². The van der Waals surface area contributed by atoms with E-state index in [2.05, 4.69) is 29.6 Å². The van der Waals surface area contributed by atoms with Crippen molar-refractivity contribution in [2.24, 2.45) is 22.2 Å². The number of methoxy groups -OCH3 is 1. The summed E-state index contributed by atoms with van der Waals surface area (Å²) in [5.41, 5.74) is 3.04. The molecule has 4 N–H and O–H groups in total. The Bertz CT molecular complexity index is 249. The van der Waals surface area contributed by atoms with Crippen molar-refractivity contribution >= 4 is 5.96 Å². The van der Waals surface area contributed by atoms with Gasteiger partial charge in [0.2, 0.25) is 5.96 Å². The van der Waals surface area contributed by atoms with Gasteiger partial charge in [0, 0.05) is 26.8 Å². The van der Waals surface area contributed by atoms with Gasteiger partial charge in [-0.25, -0.2) is 5.84 Å². The van der Waals surface area contributed by atoms with Crippen LogP contribution in [0.5, 0.6) is 0 Å². The maximum Gasteiger partial charge on any atom is 0.205 e. The molecular weight excluding hydrogens is 216 g/mol. The molecule has 0 heterocycles. The molecule has 17 heavy (non-hydrogen) atoms. The van der Waals surface area contributed by atoms with Crippen LogP contribution in [-0.4, -0.2) is 32.8 Å². The third-order valence-corrected chi connectivity index (χ3v) is 3.62. The lowest BCUT2D eigenvalue weighted by atomic mass is 9.93. The van der Waals surface area contributed by atoms with E-state index in [0.717, 1.165) is 26.1 Å². The maximum atomic E-state index is 5.44. The summed E-state index contributed by atoms with van der Waals surface area (Å²) in [7, 11) is 1.70. The molecule has 0 bridgehead atoms. The molecule has 0 amide bonds. The Balaban J connectivity index is 2.29. The Morgan fingerprint density at radius 1 is 1.47 bits per heavy atom. The number of nitrogens with one attached hydrogen (secondary N) is 2. The molecule has 5 heteroatoms. The van der Waals surface area contributed by atoms with E-state index >= 15 is 0 Å². The van der Waals surface area contributed by atoms with E-state index in [1.807, 2.05) is 0 Å². The second kappa shape index (κ2) is 6.81. The largest absolute Gasteiger partial charge is 0.385 e. The summed E-state index contributed by atoms with van der Waals surface area (Å²) < 4.78 is 4.98. The summed E-state index contributed by atoms with van der Waals surface area (Å²) in [6, 6.07) is 0. The summed E-state index contributed by atoms with van der Waals surface area (Å²) in [6.45, 7) is 6.97. The van der Waals surface area contributed by atoms with E-state index in [0.29, 0.717) is 17.3 Å². The minimum Gasteiger partial charge on any atom is -0.385 e. The first kappa shape index (κ1) is 14.3. The number of nitrogens with two attached hydrogens (primary N) is 1. The van der Waals surface area contributed by atoms with E-state index in [-0.39, 0.29) is 0 Å². The second-order valence-corrected chi connectivity index (χ2v) is 5.10. The lowest BCUT2D eigenvalue weighted by Gasteiger charge is -2.17. The van der Waals surface area contributed by atoms with E-state index < -0.39 is 0 Å². The Hall–Kier alpha value is -0.810. The van der Waals surface area contributed by atoms with Crippen LogP contribution >= 0.6 is 0 Å². The van der Waals surface area contributed by atoms with Crippen LogP contribution in [0, 0.1) is 11.3 Å². The lowest BCUT2D eigenvalue weighted by molar-refractivity contribution is 0.195. The fourth-order valence-corrected chi connectivity index (χ4v) is 1.89. The van der Waals surface area contributed by atoms with Crippen LogP contribution in [0.2, 0.25) is 0 Å². The highest BCUT2D eigenvalue weighted by Crippen LogP contribution is 2.51. The van der Waals surface area contributed by atoms with Crippen LogP contribution in [-0.2, 0) is 4.74 Å². The average molecular weight is 242 g/mol. The molecule has 1 aliphatic carbocycles.